The standard InChI is InChI=1S/C14H17N3O4/c1-6(2)14(4)13(21)16-11(17-14)10-8(12(19)20)5-9(18)7(3)15-10/h5-6,18H,1-4H3,(H,19,20)(H,16,17,21). The first kappa shape index (κ1) is 15.0. The summed E-state index contributed by atoms with van der Waals surface area (Å²) in [5.41, 5.74) is -0.843. The summed E-state index contributed by atoms with van der Waals surface area (Å²) in [4.78, 5) is 31.8. The zero-order valence-corrected chi connectivity index (χ0v) is 12.3. The molecule has 0 aliphatic carbocycles. The summed E-state index contributed by atoms with van der Waals surface area (Å²) in [7, 11) is 0. The zero-order chi connectivity index (χ0) is 15.9. The van der Waals surface area contributed by atoms with E-state index in [1.54, 1.807) is 13.8 Å². The first-order valence-corrected chi connectivity index (χ1v) is 6.52. The summed E-state index contributed by atoms with van der Waals surface area (Å²) in [6.45, 7) is 6.95. The van der Waals surface area contributed by atoms with Gasteiger partial charge in [-0.15, -0.1) is 0 Å². The summed E-state index contributed by atoms with van der Waals surface area (Å²) >= 11 is 0. The second-order valence-corrected chi connectivity index (χ2v) is 5.51. The third-order valence-corrected chi connectivity index (χ3v) is 3.80. The molecule has 0 bridgehead atoms. The number of aliphatic imine (C=N–C) groups is 1. The highest BCUT2D eigenvalue weighted by molar-refractivity contribution is 6.17. The Labute approximate surface area is 121 Å². The molecule has 2 rings (SSSR count). The predicted molar refractivity (Wildman–Crippen MR) is 75.5 cm³/mol. The number of hydrogen-bond donors (Lipinski definition) is 3. The van der Waals surface area contributed by atoms with Crippen LogP contribution in [0.15, 0.2) is 11.1 Å². The molecule has 1 aromatic rings. The summed E-state index contributed by atoms with van der Waals surface area (Å²) < 4.78 is 0. The van der Waals surface area contributed by atoms with Crippen LogP contribution in [0.1, 0.15) is 42.5 Å². The van der Waals surface area contributed by atoms with Crippen molar-refractivity contribution < 1.29 is 19.8 Å². The Morgan fingerprint density at radius 1 is 1.43 bits per heavy atom. The largest absolute Gasteiger partial charge is 0.506 e. The average Bonchev–Trinajstić information content (AvgIpc) is 2.69. The molecule has 1 aliphatic rings. The summed E-state index contributed by atoms with van der Waals surface area (Å²) in [5.74, 6) is -1.69. The first-order valence-electron chi connectivity index (χ1n) is 6.52. The van der Waals surface area contributed by atoms with Crippen LogP contribution in [0.25, 0.3) is 0 Å². The lowest BCUT2D eigenvalue weighted by molar-refractivity contribution is -0.124. The molecule has 0 spiro atoms. The lowest BCUT2D eigenvalue weighted by Gasteiger charge is -2.21. The summed E-state index contributed by atoms with van der Waals surface area (Å²) in [6.07, 6.45) is 0. The van der Waals surface area contributed by atoms with Gasteiger partial charge in [-0.05, 0) is 25.8 Å². The quantitative estimate of drug-likeness (QED) is 0.771. The number of carboxylic acids is 1. The number of nitrogens with zero attached hydrogens (tertiary/aromatic N) is 2. The van der Waals surface area contributed by atoms with E-state index in [-0.39, 0.29) is 40.4 Å². The lowest BCUT2D eigenvalue weighted by Crippen LogP contribution is -2.41. The Kier molecular flexibility index (Phi) is 3.44. The SMILES string of the molecule is Cc1nc(C2=NC(C)(C(C)C)C(=O)N2)c(C(=O)O)cc1O. The number of amidine groups is 1. The van der Waals surface area contributed by atoms with Crippen molar-refractivity contribution in [3.8, 4) is 5.75 Å². The van der Waals surface area contributed by atoms with Gasteiger partial charge < -0.3 is 15.5 Å². The number of carbonyl (C=O) groups excluding carboxylic acids is 1. The number of hydrogen-bond acceptors (Lipinski definition) is 5. The molecule has 3 N–H and O–H groups in total. The van der Waals surface area contributed by atoms with Gasteiger partial charge in [-0.1, -0.05) is 13.8 Å². The van der Waals surface area contributed by atoms with Gasteiger partial charge in [0.2, 0.25) is 0 Å². The van der Waals surface area contributed by atoms with Crippen LogP contribution in [0, 0.1) is 12.8 Å². The molecule has 0 saturated heterocycles. The second-order valence-electron chi connectivity index (χ2n) is 5.51. The highest BCUT2D eigenvalue weighted by Crippen LogP contribution is 2.28. The van der Waals surface area contributed by atoms with E-state index in [2.05, 4.69) is 15.3 Å². The van der Waals surface area contributed by atoms with E-state index >= 15 is 0 Å². The number of carbonyl (C=O) groups is 2. The third kappa shape index (κ3) is 2.35. The highest BCUT2D eigenvalue weighted by atomic mass is 16.4. The predicted octanol–water partition coefficient (Wildman–Crippen LogP) is 1.08. The molecule has 1 atom stereocenters. The minimum atomic E-state index is -1.25. The Balaban J connectivity index is 2.61. The van der Waals surface area contributed by atoms with Crippen molar-refractivity contribution in [3.05, 3.63) is 23.0 Å². The van der Waals surface area contributed by atoms with Gasteiger partial charge >= 0.3 is 5.97 Å². The van der Waals surface area contributed by atoms with Crippen molar-refractivity contribution in [2.45, 2.75) is 33.2 Å². The molecule has 7 nitrogen and oxygen atoms in total. The number of aromatic carboxylic acids is 1. The molecule has 2 heterocycles. The van der Waals surface area contributed by atoms with Crippen LogP contribution in [-0.4, -0.2) is 38.4 Å². The van der Waals surface area contributed by atoms with E-state index in [1.165, 1.54) is 0 Å². The van der Waals surface area contributed by atoms with E-state index < -0.39 is 11.5 Å². The molecule has 21 heavy (non-hydrogen) atoms. The van der Waals surface area contributed by atoms with Crippen LogP contribution in [0.4, 0.5) is 0 Å². The molecule has 1 unspecified atom stereocenters. The van der Waals surface area contributed by atoms with E-state index in [0.717, 1.165) is 6.07 Å². The fourth-order valence-electron chi connectivity index (χ4n) is 1.99. The van der Waals surface area contributed by atoms with Gasteiger partial charge in [0.25, 0.3) is 5.91 Å². The summed E-state index contributed by atoms with van der Waals surface area (Å²) in [6, 6.07) is 1.11. The van der Waals surface area contributed by atoms with Gasteiger partial charge in [-0.2, -0.15) is 0 Å². The minimum absolute atomic E-state index is 0.0514. The van der Waals surface area contributed by atoms with Gasteiger partial charge in [0.15, 0.2) is 5.84 Å². The molecule has 112 valence electrons. The first-order chi connectivity index (χ1) is 9.66. The smallest absolute Gasteiger partial charge is 0.338 e. The van der Waals surface area contributed by atoms with Crippen LogP contribution in [0.5, 0.6) is 5.75 Å². The third-order valence-electron chi connectivity index (χ3n) is 3.80. The van der Waals surface area contributed by atoms with Crippen molar-refractivity contribution in [1.82, 2.24) is 10.3 Å². The van der Waals surface area contributed by atoms with Crippen molar-refractivity contribution in [3.63, 3.8) is 0 Å². The molecule has 0 radical (unpaired) electrons. The van der Waals surface area contributed by atoms with Crippen molar-refractivity contribution in [1.29, 1.82) is 0 Å². The maximum atomic E-state index is 12.1. The normalized spacial score (nSPS) is 21.4. The van der Waals surface area contributed by atoms with Gasteiger partial charge in [0.05, 0.1) is 11.3 Å². The van der Waals surface area contributed by atoms with Crippen LogP contribution >= 0.6 is 0 Å². The van der Waals surface area contributed by atoms with Crippen LogP contribution in [-0.2, 0) is 4.79 Å². The van der Waals surface area contributed by atoms with Crippen molar-refractivity contribution in [2.75, 3.05) is 0 Å². The number of aromatic hydroxyl groups is 1. The Morgan fingerprint density at radius 2 is 2.05 bits per heavy atom. The maximum absolute atomic E-state index is 12.1. The fourth-order valence-corrected chi connectivity index (χ4v) is 1.99. The van der Waals surface area contributed by atoms with Gasteiger partial charge in [-0.3, -0.25) is 4.79 Å². The number of amides is 1. The van der Waals surface area contributed by atoms with Crippen LogP contribution < -0.4 is 5.32 Å². The molecule has 1 aliphatic heterocycles. The van der Waals surface area contributed by atoms with E-state index in [9.17, 15) is 19.8 Å². The molecule has 7 heteroatoms. The number of carboxylic acid groups (broad SMARTS) is 1. The van der Waals surface area contributed by atoms with Crippen LogP contribution in [0.3, 0.4) is 0 Å². The monoisotopic (exact) mass is 291 g/mol. The molecule has 1 aromatic heterocycles. The molecular formula is C14H17N3O4. The van der Waals surface area contributed by atoms with Crippen molar-refractivity contribution in [2.24, 2.45) is 10.9 Å². The Bertz CT molecular complexity index is 666. The zero-order valence-electron chi connectivity index (χ0n) is 12.3. The topological polar surface area (TPSA) is 112 Å². The van der Waals surface area contributed by atoms with E-state index in [0.29, 0.717) is 0 Å². The lowest BCUT2D eigenvalue weighted by atomic mass is 9.89. The van der Waals surface area contributed by atoms with Gasteiger partial charge in [0.1, 0.15) is 17.0 Å². The molecule has 0 aromatic carbocycles. The van der Waals surface area contributed by atoms with E-state index in [4.69, 9.17) is 0 Å². The minimum Gasteiger partial charge on any atom is -0.506 e. The Morgan fingerprint density at radius 3 is 2.52 bits per heavy atom. The number of nitrogens with one attached hydrogen (secondary N) is 1. The highest BCUT2D eigenvalue weighted by Gasteiger charge is 2.43. The second kappa shape index (κ2) is 4.83. The number of rotatable bonds is 3. The van der Waals surface area contributed by atoms with Crippen molar-refractivity contribution >= 4 is 17.7 Å². The number of aryl methyl sites for hydroxylation is 1. The summed E-state index contributed by atoms with van der Waals surface area (Å²) in [5, 5.41) is 21.4. The molecule has 1 amide bonds. The molecule has 0 fully saturated rings. The average molecular weight is 291 g/mol. The van der Waals surface area contributed by atoms with E-state index in [1.807, 2.05) is 13.8 Å². The maximum Gasteiger partial charge on any atom is 0.338 e. The Hall–Kier alpha value is -2.44. The molecular weight excluding hydrogens is 274 g/mol. The van der Waals surface area contributed by atoms with Gasteiger partial charge in [-0.25, -0.2) is 14.8 Å². The molecule has 0 saturated carbocycles. The fraction of sp³-hybridized carbons (Fsp3) is 0.429. The van der Waals surface area contributed by atoms with Crippen LogP contribution in [0.2, 0.25) is 0 Å². The van der Waals surface area contributed by atoms with Gasteiger partial charge in [0, 0.05) is 0 Å². The number of pyridine rings is 1. The number of aromatic nitrogens is 1.